The van der Waals surface area contributed by atoms with Gasteiger partial charge >= 0.3 is 5.97 Å². The van der Waals surface area contributed by atoms with E-state index in [9.17, 15) is 13.2 Å². The van der Waals surface area contributed by atoms with Gasteiger partial charge in [-0.1, -0.05) is 51.8 Å². The highest BCUT2D eigenvalue weighted by molar-refractivity contribution is 9.10. The van der Waals surface area contributed by atoms with E-state index < -0.39 is 16.0 Å². The normalized spacial score (nSPS) is 11.4. The second-order valence-corrected chi connectivity index (χ2v) is 8.68. The first-order valence-electron chi connectivity index (χ1n) is 8.53. The van der Waals surface area contributed by atoms with Crippen LogP contribution in [0.3, 0.4) is 0 Å². The molecule has 0 heterocycles. The number of nitrogens with zero attached hydrogens (tertiary/aromatic N) is 1. The molecule has 0 aliphatic carbocycles. The van der Waals surface area contributed by atoms with Crippen LogP contribution in [0.5, 0.6) is 5.75 Å². The van der Waals surface area contributed by atoms with Crippen LogP contribution in [0, 0.1) is 6.92 Å². The number of hydrogen-bond acceptors (Lipinski definition) is 5. The van der Waals surface area contributed by atoms with E-state index in [0.717, 1.165) is 10.0 Å². The van der Waals surface area contributed by atoms with Crippen LogP contribution in [-0.2, 0) is 10.0 Å². The van der Waals surface area contributed by atoms with E-state index in [0.29, 0.717) is 11.1 Å². The van der Waals surface area contributed by atoms with E-state index in [1.165, 1.54) is 18.3 Å². The third-order valence-electron chi connectivity index (χ3n) is 3.86. The SMILES string of the molecule is Cc1cccc(C(=O)Oc2ccc(Br)cc2C=NNS(=O)(=O)c2ccccc2)c1. The van der Waals surface area contributed by atoms with Crippen molar-refractivity contribution in [3.05, 3.63) is 94.0 Å². The zero-order chi connectivity index (χ0) is 20.9. The molecule has 3 rings (SSSR count). The maximum Gasteiger partial charge on any atom is 0.343 e. The van der Waals surface area contributed by atoms with Gasteiger partial charge < -0.3 is 4.74 Å². The van der Waals surface area contributed by atoms with Crippen molar-refractivity contribution in [1.29, 1.82) is 0 Å². The number of benzene rings is 3. The van der Waals surface area contributed by atoms with Crippen molar-refractivity contribution in [3.8, 4) is 5.75 Å². The number of nitrogens with one attached hydrogen (secondary N) is 1. The van der Waals surface area contributed by atoms with Crippen molar-refractivity contribution in [3.63, 3.8) is 0 Å². The lowest BCUT2D eigenvalue weighted by molar-refractivity contribution is 0.0734. The minimum absolute atomic E-state index is 0.0949. The molecular formula is C21H17BrN2O4S. The molecule has 1 N–H and O–H groups in total. The van der Waals surface area contributed by atoms with Gasteiger partial charge in [-0.05, 0) is 49.4 Å². The average Bonchev–Trinajstić information content (AvgIpc) is 2.70. The van der Waals surface area contributed by atoms with E-state index in [1.807, 2.05) is 13.0 Å². The standard InChI is InChI=1S/C21H17BrN2O4S/c1-15-6-5-7-16(12-15)21(25)28-20-11-10-18(22)13-17(20)14-23-24-29(26,27)19-8-3-2-4-9-19/h2-14,24H,1H3. The van der Waals surface area contributed by atoms with Gasteiger partial charge in [0, 0.05) is 10.0 Å². The molecule has 0 fully saturated rings. The molecule has 0 amide bonds. The van der Waals surface area contributed by atoms with Crippen LogP contribution in [-0.4, -0.2) is 20.6 Å². The number of rotatable bonds is 6. The first kappa shape index (κ1) is 20.8. The topological polar surface area (TPSA) is 84.8 Å². The molecule has 0 aliphatic rings. The maximum atomic E-state index is 12.4. The zero-order valence-electron chi connectivity index (χ0n) is 15.4. The summed E-state index contributed by atoms with van der Waals surface area (Å²) in [5.41, 5.74) is 1.78. The predicted molar refractivity (Wildman–Crippen MR) is 115 cm³/mol. The monoisotopic (exact) mass is 472 g/mol. The van der Waals surface area contributed by atoms with Crippen LogP contribution in [0.2, 0.25) is 0 Å². The lowest BCUT2D eigenvalue weighted by Crippen LogP contribution is -2.18. The third kappa shape index (κ3) is 5.52. The minimum Gasteiger partial charge on any atom is -0.422 e. The van der Waals surface area contributed by atoms with E-state index in [4.69, 9.17) is 4.74 Å². The first-order valence-corrected chi connectivity index (χ1v) is 10.8. The number of sulfonamides is 1. The van der Waals surface area contributed by atoms with E-state index >= 15 is 0 Å². The molecule has 148 valence electrons. The second kappa shape index (κ2) is 9.02. The van der Waals surface area contributed by atoms with E-state index in [-0.39, 0.29) is 10.6 Å². The van der Waals surface area contributed by atoms with Gasteiger partial charge in [0.2, 0.25) is 0 Å². The molecular weight excluding hydrogens is 456 g/mol. The molecule has 0 unspecified atom stereocenters. The number of carbonyl (C=O) groups is 1. The molecule has 0 spiro atoms. The van der Waals surface area contributed by atoms with Gasteiger partial charge in [-0.3, -0.25) is 0 Å². The summed E-state index contributed by atoms with van der Waals surface area (Å²) in [7, 11) is -3.79. The lowest BCUT2D eigenvalue weighted by Gasteiger charge is -2.09. The van der Waals surface area contributed by atoms with Crippen molar-refractivity contribution in [2.24, 2.45) is 5.10 Å². The summed E-state index contributed by atoms with van der Waals surface area (Å²) in [4.78, 5) is 14.7. The molecule has 0 saturated heterocycles. The summed E-state index contributed by atoms with van der Waals surface area (Å²) in [5.74, 6) is -0.266. The van der Waals surface area contributed by atoms with Gasteiger partial charge in [-0.25, -0.2) is 9.63 Å². The summed E-state index contributed by atoms with van der Waals surface area (Å²) in [6.07, 6.45) is 1.28. The number of aryl methyl sites for hydroxylation is 1. The van der Waals surface area contributed by atoms with Gasteiger partial charge in [-0.2, -0.15) is 13.5 Å². The van der Waals surface area contributed by atoms with Crippen LogP contribution in [0.4, 0.5) is 0 Å². The third-order valence-corrected chi connectivity index (χ3v) is 5.59. The molecule has 29 heavy (non-hydrogen) atoms. The summed E-state index contributed by atoms with van der Waals surface area (Å²) in [6, 6.07) is 19.9. The number of halogens is 1. The fourth-order valence-corrected chi connectivity index (χ4v) is 3.65. The predicted octanol–water partition coefficient (Wildman–Crippen LogP) is 4.29. The van der Waals surface area contributed by atoms with Gasteiger partial charge in [0.05, 0.1) is 16.7 Å². The Hall–Kier alpha value is -2.97. The van der Waals surface area contributed by atoms with Crippen LogP contribution >= 0.6 is 15.9 Å². The fraction of sp³-hybridized carbons (Fsp3) is 0.0476. The molecule has 0 radical (unpaired) electrons. The lowest BCUT2D eigenvalue weighted by atomic mass is 10.1. The van der Waals surface area contributed by atoms with Crippen LogP contribution in [0.15, 0.2) is 87.3 Å². The summed E-state index contributed by atoms with van der Waals surface area (Å²) < 4.78 is 30.7. The van der Waals surface area contributed by atoms with Crippen molar-refractivity contribution in [2.45, 2.75) is 11.8 Å². The molecule has 0 saturated carbocycles. The highest BCUT2D eigenvalue weighted by Crippen LogP contribution is 2.23. The van der Waals surface area contributed by atoms with Crippen molar-refractivity contribution in [1.82, 2.24) is 4.83 Å². The smallest absolute Gasteiger partial charge is 0.343 e. The summed E-state index contributed by atoms with van der Waals surface area (Å²) in [5, 5.41) is 3.81. The number of hydrazone groups is 1. The Morgan fingerprint density at radius 3 is 2.52 bits per heavy atom. The molecule has 0 bridgehead atoms. The Balaban J connectivity index is 1.80. The van der Waals surface area contributed by atoms with E-state index in [1.54, 1.807) is 54.6 Å². The number of carbonyl (C=O) groups excluding carboxylic acids is 1. The Labute approximate surface area is 177 Å². The molecule has 0 aromatic heterocycles. The maximum absolute atomic E-state index is 12.4. The zero-order valence-corrected chi connectivity index (χ0v) is 17.8. The molecule has 6 nitrogen and oxygen atoms in total. The first-order chi connectivity index (χ1) is 13.8. The number of hydrogen-bond donors (Lipinski definition) is 1. The van der Waals surface area contributed by atoms with Crippen LogP contribution in [0.25, 0.3) is 0 Å². The molecule has 0 atom stereocenters. The van der Waals surface area contributed by atoms with E-state index in [2.05, 4.69) is 25.9 Å². The second-order valence-electron chi connectivity index (χ2n) is 6.11. The Bertz CT molecular complexity index is 1160. The highest BCUT2D eigenvalue weighted by Gasteiger charge is 2.13. The van der Waals surface area contributed by atoms with Gasteiger partial charge in [0.1, 0.15) is 5.75 Å². The van der Waals surface area contributed by atoms with Crippen molar-refractivity contribution < 1.29 is 17.9 Å². The largest absolute Gasteiger partial charge is 0.422 e. The van der Waals surface area contributed by atoms with Crippen molar-refractivity contribution >= 4 is 38.1 Å². The van der Waals surface area contributed by atoms with Gasteiger partial charge in [-0.15, -0.1) is 0 Å². The molecule has 0 aliphatic heterocycles. The average molecular weight is 473 g/mol. The summed E-state index contributed by atoms with van der Waals surface area (Å²) in [6.45, 7) is 1.88. The summed E-state index contributed by atoms with van der Waals surface area (Å²) >= 11 is 3.34. The van der Waals surface area contributed by atoms with Crippen LogP contribution in [0.1, 0.15) is 21.5 Å². The van der Waals surface area contributed by atoms with Gasteiger partial charge in [0.15, 0.2) is 0 Å². The molecule has 3 aromatic rings. The quantitative estimate of drug-likeness (QED) is 0.251. The van der Waals surface area contributed by atoms with Crippen LogP contribution < -0.4 is 9.57 Å². The number of ether oxygens (including phenoxy) is 1. The Morgan fingerprint density at radius 1 is 1.03 bits per heavy atom. The Morgan fingerprint density at radius 2 is 1.79 bits per heavy atom. The van der Waals surface area contributed by atoms with Crippen molar-refractivity contribution in [2.75, 3.05) is 0 Å². The fourth-order valence-electron chi connectivity index (χ4n) is 2.46. The van der Waals surface area contributed by atoms with Gasteiger partial charge in [0.25, 0.3) is 10.0 Å². The highest BCUT2D eigenvalue weighted by atomic mass is 79.9. The minimum atomic E-state index is -3.79. The molecule has 8 heteroatoms. The number of esters is 1. The molecule has 3 aromatic carbocycles. The Kier molecular flexibility index (Phi) is 6.46.